The van der Waals surface area contributed by atoms with Crippen molar-refractivity contribution in [3.05, 3.63) is 65.7 Å². The van der Waals surface area contributed by atoms with Crippen LogP contribution in [0, 0.1) is 0 Å². The van der Waals surface area contributed by atoms with Gasteiger partial charge in [-0.2, -0.15) is 0 Å². The van der Waals surface area contributed by atoms with Gasteiger partial charge in [-0.05, 0) is 37.1 Å². The van der Waals surface area contributed by atoms with E-state index in [1.807, 2.05) is 48.5 Å². The predicted octanol–water partition coefficient (Wildman–Crippen LogP) is 3.99. The van der Waals surface area contributed by atoms with Crippen molar-refractivity contribution in [1.29, 1.82) is 0 Å². The Morgan fingerprint density at radius 2 is 1.80 bits per heavy atom. The van der Waals surface area contributed by atoms with Gasteiger partial charge in [0, 0.05) is 18.7 Å². The molecule has 3 rings (SSSR count). The Kier molecular flexibility index (Phi) is 4.88. The Hall–Kier alpha value is -2.62. The van der Waals surface area contributed by atoms with Gasteiger partial charge in [-0.1, -0.05) is 49.7 Å². The van der Waals surface area contributed by atoms with Gasteiger partial charge in [-0.15, -0.1) is 0 Å². The first-order valence-electron chi connectivity index (χ1n) is 8.73. The van der Waals surface area contributed by atoms with Crippen LogP contribution >= 0.6 is 0 Å². The Balaban J connectivity index is 1.93. The van der Waals surface area contributed by atoms with E-state index in [9.17, 15) is 9.59 Å². The number of nitrogens with zero attached hydrogens (tertiary/aromatic N) is 1. The van der Waals surface area contributed by atoms with E-state index in [2.05, 4.69) is 6.92 Å². The van der Waals surface area contributed by atoms with Crippen LogP contribution in [-0.4, -0.2) is 24.0 Å². The Labute approximate surface area is 148 Å². The molecule has 2 aromatic rings. The number of hydrogen-bond acceptors (Lipinski definition) is 3. The third kappa shape index (κ3) is 3.43. The highest BCUT2D eigenvalue weighted by molar-refractivity contribution is 6.03. The van der Waals surface area contributed by atoms with Crippen LogP contribution in [0.25, 0.3) is 0 Å². The van der Waals surface area contributed by atoms with E-state index in [0.29, 0.717) is 18.5 Å². The Morgan fingerprint density at radius 3 is 2.52 bits per heavy atom. The normalized spacial score (nSPS) is 19.0. The molecule has 0 aromatic heterocycles. The molecule has 4 heteroatoms. The maximum absolute atomic E-state index is 13.3. The van der Waals surface area contributed by atoms with E-state index in [1.165, 1.54) is 0 Å². The number of unbranched alkanes of at least 4 members (excludes halogenated alkanes) is 1. The molecule has 0 spiro atoms. The van der Waals surface area contributed by atoms with Gasteiger partial charge in [0.2, 0.25) is 0 Å². The fourth-order valence-corrected chi connectivity index (χ4v) is 3.21. The third-order valence-electron chi connectivity index (χ3n) is 4.58. The zero-order chi connectivity index (χ0) is 17.9. The minimum absolute atomic E-state index is 0.171. The maximum atomic E-state index is 13.3. The van der Waals surface area contributed by atoms with E-state index in [1.54, 1.807) is 17.9 Å². The second-order valence-electron chi connectivity index (χ2n) is 6.60. The summed E-state index contributed by atoms with van der Waals surface area (Å²) >= 11 is 0. The van der Waals surface area contributed by atoms with E-state index in [-0.39, 0.29) is 5.91 Å². The van der Waals surface area contributed by atoms with E-state index < -0.39 is 11.6 Å². The lowest BCUT2D eigenvalue weighted by Gasteiger charge is -2.37. The van der Waals surface area contributed by atoms with Crippen LogP contribution in [0.15, 0.2) is 54.6 Å². The van der Waals surface area contributed by atoms with Gasteiger partial charge in [-0.25, -0.2) is 4.79 Å². The molecule has 0 saturated heterocycles. The summed E-state index contributed by atoms with van der Waals surface area (Å²) in [6.07, 6.45) is 2.26. The SMILES string of the molecule is CCCCN(C(=O)[C@]1(C)Cc2ccccc2C(=O)O1)c1ccccc1. The van der Waals surface area contributed by atoms with Crippen LogP contribution in [0.3, 0.4) is 0 Å². The van der Waals surface area contributed by atoms with Crippen LogP contribution in [0.5, 0.6) is 0 Å². The monoisotopic (exact) mass is 337 g/mol. The van der Waals surface area contributed by atoms with Crippen LogP contribution in [0.2, 0.25) is 0 Å². The highest BCUT2D eigenvalue weighted by Gasteiger charge is 2.45. The number of fused-ring (bicyclic) bond motifs is 1. The number of amides is 1. The number of carbonyl (C=O) groups excluding carboxylic acids is 2. The van der Waals surface area contributed by atoms with Crippen molar-refractivity contribution < 1.29 is 14.3 Å². The van der Waals surface area contributed by atoms with Crippen LogP contribution < -0.4 is 4.90 Å². The molecule has 0 radical (unpaired) electrons. The lowest BCUT2D eigenvalue weighted by molar-refractivity contribution is -0.136. The fraction of sp³-hybridized carbons (Fsp3) is 0.333. The zero-order valence-electron chi connectivity index (χ0n) is 14.7. The number of ether oxygens (including phenoxy) is 1. The first-order valence-corrected chi connectivity index (χ1v) is 8.73. The number of cyclic esters (lactones) is 1. The first-order chi connectivity index (χ1) is 12.0. The standard InChI is InChI=1S/C21H23NO3/c1-3-4-14-22(17-11-6-5-7-12-17)20(24)21(2)15-16-10-8-9-13-18(16)19(23)25-21/h5-13H,3-4,14-15H2,1-2H3/t21-/m0/s1. The summed E-state index contributed by atoms with van der Waals surface area (Å²) < 4.78 is 5.61. The summed E-state index contributed by atoms with van der Waals surface area (Å²) in [6, 6.07) is 16.9. The minimum Gasteiger partial charge on any atom is -0.445 e. The lowest BCUT2D eigenvalue weighted by Crippen LogP contribution is -2.53. The number of esters is 1. The van der Waals surface area contributed by atoms with Gasteiger partial charge in [-0.3, -0.25) is 4.79 Å². The number of hydrogen-bond donors (Lipinski definition) is 0. The molecular weight excluding hydrogens is 314 g/mol. The molecule has 0 saturated carbocycles. The van der Waals surface area contributed by atoms with Crippen LogP contribution in [0.4, 0.5) is 5.69 Å². The topological polar surface area (TPSA) is 46.6 Å². The summed E-state index contributed by atoms with van der Waals surface area (Å²) in [6.45, 7) is 4.41. The smallest absolute Gasteiger partial charge is 0.339 e. The maximum Gasteiger partial charge on any atom is 0.339 e. The highest BCUT2D eigenvalue weighted by Crippen LogP contribution is 2.31. The average Bonchev–Trinajstić information content (AvgIpc) is 2.62. The molecular formula is C21H23NO3. The van der Waals surface area contributed by atoms with Gasteiger partial charge < -0.3 is 9.64 Å². The lowest BCUT2D eigenvalue weighted by atomic mass is 9.88. The second kappa shape index (κ2) is 7.09. The third-order valence-corrected chi connectivity index (χ3v) is 4.58. The molecule has 0 unspecified atom stereocenters. The van der Waals surface area contributed by atoms with E-state index >= 15 is 0 Å². The predicted molar refractivity (Wildman–Crippen MR) is 97.7 cm³/mol. The summed E-state index contributed by atoms with van der Waals surface area (Å²) in [5.41, 5.74) is 1.05. The number of anilines is 1. The molecule has 4 nitrogen and oxygen atoms in total. The summed E-state index contributed by atoms with van der Waals surface area (Å²) in [5.74, 6) is -0.601. The quantitative estimate of drug-likeness (QED) is 0.775. The van der Waals surface area contributed by atoms with Crippen molar-refractivity contribution >= 4 is 17.6 Å². The molecule has 0 N–H and O–H groups in total. The van der Waals surface area contributed by atoms with Crippen molar-refractivity contribution in [2.45, 2.75) is 38.7 Å². The van der Waals surface area contributed by atoms with Gasteiger partial charge in [0.05, 0.1) is 5.56 Å². The molecule has 130 valence electrons. The minimum atomic E-state index is -1.19. The molecule has 1 heterocycles. The molecule has 0 aliphatic carbocycles. The Bertz CT molecular complexity index is 772. The van der Waals surface area contributed by atoms with Crippen LogP contribution in [0.1, 0.15) is 42.6 Å². The summed E-state index contributed by atoms with van der Waals surface area (Å²) in [5, 5.41) is 0. The van der Waals surface area contributed by atoms with Crippen LogP contribution in [-0.2, 0) is 16.0 Å². The fourth-order valence-electron chi connectivity index (χ4n) is 3.21. The summed E-state index contributed by atoms with van der Waals surface area (Å²) in [4.78, 5) is 27.5. The van der Waals surface area contributed by atoms with E-state index in [4.69, 9.17) is 4.74 Å². The van der Waals surface area contributed by atoms with Gasteiger partial charge >= 0.3 is 5.97 Å². The van der Waals surface area contributed by atoms with Crippen molar-refractivity contribution in [3.8, 4) is 0 Å². The molecule has 1 atom stereocenters. The molecule has 1 aliphatic heterocycles. The van der Waals surface area contributed by atoms with Gasteiger partial charge in [0.15, 0.2) is 5.60 Å². The van der Waals surface area contributed by atoms with Gasteiger partial charge in [0.25, 0.3) is 5.91 Å². The van der Waals surface area contributed by atoms with Crippen molar-refractivity contribution in [2.24, 2.45) is 0 Å². The molecule has 2 aromatic carbocycles. The number of rotatable bonds is 5. The highest BCUT2D eigenvalue weighted by atomic mass is 16.6. The number of benzene rings is 2. The van der Waals surface area contributed by atoms with Crippen molar-refractivity contribution in [3.63, 3.8) is 0 Å². The molecule has 0 bridgehead atoms. The second-order valence-corrected chi connectivity index (χ2v) is 6.60. The molecule has 0 fully saturated rings. The first kappa shape index (κ1) is 17.2. The molecule has 25 heavy (non-hydrogen) atoms. The van der Waals surface area contributed by atoms with Crippen molar-refractivity contribution in [1.82, 2.24) is 0 Å². The molecule has 1 aliphatic rings. The average molecular weight is 337 g/mol. The Morgan fingerprint density at radius 1 is 1.12 bits per heavy atom. The van der Waals surface area contributed by atoms with Gasteiger partial charge in [0.1, 0.15) is 0 Å². The molecule has 1 amide bonds. The summed E-state index contributed by atoms with van der Waals surface area (Å²) in [7, 11) is 0. The number of carbonyl (C=O) groups is 2. The largest absolute Gasteiger partial charge is 0.445 e. The van der Waals surface area contributed by atoms with E-state index in [0.717, 1.165) is 24.1 Å². The zero-order valence-corrected chi connectivity index (χ0v) is 14.7. The number of para-hydroxylation sites is 1. The van der Waals surface area contributed by atoms with Crippen molar-refractivity contribution in [2.75, 3.05) is 11.4 Å².